The van der Waals surface area contributed by atoms with E-state index in [1.165, 1.54) is 5.56 Å². The van der Waals surface area contributed by atoms with Gasteiger partial charge in [0.15, 0.2) is 0 Å². The molecule has 0 heterocycles. The molecule has 1 rings (SSSR count). The molecular weight excluding hydrogens is 250 g/mol. The molecule has 0 aliphatic rings. The van der Waals surface area contributed by atoms with Crippen LogP contribution in [0.2, 0.25) is 0 Å². The predicted molar refractivity (Wildman–Crippen MR) is 45.4 cm³/mol. The normalized spacial score (nSPS) is 8.36. The van der Waals surface area contributed by atoms with E-state index < -0.39 is 0 Å². The van der Waals surface area contributed by atoms with E-state index >= 15 is 0 Å². The SMILES string of the molecule is [CH2][CH][CH]c1ccccc1.[Cl][Pd+]. The molecule has 61 valence electrons. The first-order chi connectivity index (χ1) is 5.43. The van der Waals surface area contributed by atoms with Crippen LogP contribution in [-0.4, -0.2) is 0 Å². The summed E-state index contributed by atoms with van der Waals surface area (Å²) >= 11 is 2.22. The number of halogens is 1. The molecule has 0 saturated carbocycles. The molecule has 1 aromatic rings. The van der Waals surface area contributed by atoms with Crippen LogP contribution in [0.4, 0.5) is 0 Å². The predicted octanol–water partition coefficient (Wildman–Crippen LogP) is 2.96. The Labute approximate surface area is 83.3 Å². The van der Waals surface area contributed by atoms with E-state index in [2.05, 4.69) is 34.6 Å². The zero-order chi connectivity index (χ0) is 8.53. The summed E-state index contributed by atoms with van der Waals surface area (Å²) in [7, 11) is 4.49. The molecule has 0 unspecified atom stereocenters. The van der Waals surface area contributed by atoms with Gasteiger partial charge in [0.1, 0.15) is 0 Å². The third-order valence-electron chi connectivity index (χ3n) is 1.11. The summed E-state index contributed by atoms with van der Waals surface area (Å²) in [6.45, 7) is 3.60. The summed E-state index contributed by atoms with van der Waals surface area (Å²) in [5.74, 6) is 0. The minimum atomic E-state index is 1.20. The second kappa shape index (κ2) is 8.27. The number of hydrogen-bond acceptors (Lipinski definition) is 0. The molecule has 0 aliphatic heterocycles. The molecule has 0 atom stereocenters. The molecule has 0 aliphatic carbocycles. The van der Waals surface area contributed by atoms with Crippen LogP contribution in [0.5, 0.6) is 0 Å². The maximum atomic E-state index is 4.49. The summed E-state index contributed by atoms with van der Waals surface area (Å²) < 4.78 is 0. The van der Waals surface area contributed by atoms with Gasteiger partial charge in [-0.25, -0.2) is 0 Å². The van der Waals surface area contributed by atoms with E-state index in [1.54, 1.807) is 6.42 Å². The Morgan fingerprint density at radius 2 is 1.73 bits per heavy atom. The molecule has 0 aromatic heterocycles. The molecule has 0 saturated heterocycles. The molecular formula is C9H9ClPd+. The van der Waals surface area contributed by atoms with Crippen LogP contribution in [0.15, 0.2) is 30.3 Å². The van der Waals surface area contributed by atoms with Crippen molar-refractivity contribution in [3.8, 4) is 0 Å². The summed E-state index contributed by atoms with van der Waals surface area (Å²) in [5, 5.41) is 0. The van der Waals surface area contributed by atoms with Crippen molar-refractivity contribution in [3.63, 3.8) is 0 Å². The van der Waals surface area contributed by atoms with Gasteiger partial charge in [0.25, 0.3) is 0 Å². The van der Waals surface area contributed by atoms with E-state index in [-0.39, 0.29) is 0 Å². The van der Waals surface area contributed by atoms with Crippen molar-refractivity contribution in [1.82, 2.24) is 0 Å². The summed E-state index contributed by atoms with van der Waals surface area (Å²) in [5.41, 5.74) is 1.20. The van der Waals surface area contributed by atoms with Crippen LogP contribution in [0.1, 0.15) is 5.56 Å². The van der Waals surface area contributed by atoms with Gasteiger partial charge in [-0.05, 0) is 25.3 Å². The molecule has 0 amide bonds. The van der Waals surface area contributed by atoms with Gasteiger partial charge in [-0.3, -0.25) is 0 Å². The van der Waals surface area contributed by atoms with Crippen molar-refractivity contribution < 1.29 is 18.2 Å². The van der Waals surface area contributed by atoms with Crippen molar-refractivity contribution >= 4 is 9.53 Å². The molecule has 11 heavy (non-hydrogen) atoms. The van der Waals surface area contributed by atoms with Crippen LogP contribution in [0, 0.1) is 19.8 Å². The molecule has 0 bridgehead atoms. The molecule has 0 N–H and O–H groups in total. The fraction of sp³-hybridized carbons (Fsp3) is 0. The number of benzene rings is 1. The standard InChI is InChI=1S/C9H9.ClH.Pd/c1-2-6-9-7-4-3-5-8-9;;/h2-8H,1H2;1H;/q;;+2/p-1. The monoisotopic (exact) mass is 258 g/mol. The van der Waals surface area contributed by atoms with Crippen LogP contribution in [0.25, 0.3) is 0 Å². The third-order valence-corrected chi connectivity index (χ3v) is 1.11. The van der Waals surface area contributed by atoms with E-state index in [1.807, 2.05) is 36.8 Å². The van der Waals surface area contributed by atoms with E-state index in [0.29, 0.717) is 0 Å². The Balaban J connectivity index is 0.000000461. The maximum absolute atomic E-state index is 4.49. The van der Waals surface area contributed by atoms with Gasteiger partial charge in [0.05, 0.1) is 0 Å². The topological polar surface area (TPSA) is 0 Å². The molecule has 0 fully saturated rings. The molecule has 0 nitrogen and oxygen atoms in total. The second-order valence-corrected chi connectivity index (χ2v) is 1.81. The van der Waals surface area contributed by atoms with Gasteiger partial charge in [-0.15, -0.1) is 0 Å². The van der Waals surface area contributed by atoms with Crippen molar-refractivity contribution in [2.24, 2.45) is 0 Å². The van der Waals surface area contributed by atoms with Gasteiger partial charge < -0.3 is 0 Å². The van der Waals surface area contributed by atoms with Crippen molar-refractivity contribution in [1.29, 1.82) is 0 Å². The first kappa shape index (κ1) is 11.2. The minimum absolute atomic E-state index is 1.20. The molecule has 1 aromatic carbocycles. The van der Waals surface area contributed by atoms with Crippen molar-refractivity contribution in [2.75, 3.05) is 0 Å². The fourth-order valence-corrected chi connectivity index (χ4v) is 0.700. The van der Waals surface area contributed by atoms with Crippen molar-refractivity contribution in [2.45, 2.75) is 0 Å². The first-order valence-electron chi connectivity index (χ1n) is 3.06. The van der Waals surface area contributed by atoms with Gasteiger partial charge in [-0.1, -0.05) is 30.3 Å². The van der Waals surface area contributed by atoms with Crippen LogP contribution < -0.4 is 0 Å². The van der Waals surface area contributed by atoms with Gasteiger partial charge >= 0.3 is 27.7 Å². The quantitative estimate of drug-likeness (QED) is 0.716. The van der Waals surface area contributed by atoms with E-state index in [9.17, 15) is 0 Å². The average molecular weight is 259 g/mol. The zero-order valence-corrected chi connectivity index (χ0v) is 8.25. The first-order valence-corrected chi connectivity index (χ1v) is 5.06. The Morgan fingerprint density at radius 3 is 2.18 bits per heavy atom. The van der Waals surface area contributed by atoms with Crippen LogP contribution >= 0.6 is 9.53 Å². The van der Waals surface area contributed by atoms with Crippen molar-refractivity contribution in [3.05, 3.63) is 55.7 Å². The molecule has 2 heteroatoms. The Bertz CT molecular complexity index is 162. The Kier molecular flexibility index (Phi) is 8.40. The third kappa shape index (κ3) is 5.44. The van der Waals surface area contributed by atoms with Gasteiger partial charge in [0.2, 0.25) is 0 Å². The zero-order valence-electron chi connectivity index (χ0n) is 5.94. The number of hydrogen-bond donors (Lipinski definition) is 0. The Morgan fingerprint density at radius 1 is 1.18 bits per heavy atom. The summed E-state index contributed by atoms with van der Waals surface area (Å²) in [4.78, 5) is 0. The van der Waals surface area contributed by atoms with Gasteiger partial charge in [-0.2, -0.15) is 0 Å². The summed E-state index contributed by atoms with van der Waals surface area (Å²) in [6, 6.07) is 10.1. The summed E-state index contributed by atoms with van der Waals surface area (Å²) in [6.07, 6.45) is 3.76. The van der Waals surface area contributed by atoms with E-state index in [0.717, 1.165) is 0 Å². The average Bonchev–Trinajstić information content (AvgIpc) is 2.11. The fourth-order valence-electron chi connectivity index (χ4n) is 0.700. The van der Waals surface area contributed by atoms with Crippen LogP contribution in [-0.2, 0) is 18.2 Å². The van der Waals surface area contributed by atoms with Gasteiger partial charge in [0, 0.05) is 0 Å². The molecule has 3 radical (unpaired) electrons. The second-order valence-electron chi connectivity index (χ2n) is 1.81. The Hall–Kier alpha value is 0.172. The molecule has 0 spiro atoms. The van der Waals surface area contributed by atoms with E-state index in [4.69, 9.17) is 0 Å². The number of rotatable bonds is 2. The van der Waals surface area contributed by atoms with Crippen LogP contribution in [0.3, 0.4) is 0 Å².